The second-order valence-electron chi connectivity index (χ2n) is 6.61. The monoisotopic (exact) mass is 316 g/mol. The number of allylic oxidation sites excluding steroid dienone is 3. The molecule has 2 heterocycles. The Balaban J connectivity index is 2.10. The highest BCUT2D eigenvalue weighted by Gasteiger charge is 2.62. The average molecular weight is 316 g/mol. The Morgan fingerprint density at radius 2 is 2.04 bits per heavy atom. The van der Waals surface area contributed by atoms with E-state index in [4.69, 9.17) is 9.47 Å². The minimum Gasteiger partial charge on any atom is -0.469 e. The Kier molecular flexibility index (Phi) is 3.54. The lowest BCUT2D eigenvalue weighted by Crippen LogP contribution is -2.47. The molecule has 0 unspecified atom stereocenters. The van der Waals surface area contributed by atoms with Gasteiger partial charge in [0.1, 0.15) is 11.7 Å². The molecule has 3 rings (SSSR count). The Morgan fingerprint density at radius 1 is 1.35 bits per heavy atom. The first-order valence-corrected chi connectivity index (χ1v) is 7.87. The summed E-state index contributed by atoms with van der Waals surface area (Å²) in [7, 11) is 0. The summed E-state index contributed by atoms with van der Waals surface area (Å²) >= 11 is 0. The molecule has 3 aliphatic rings. The van der Waals surface area contributed by atoms with Crippen LogP contribution in [0.5, 0.6) is 0 Å². The minimum absolute atomic E-state index is 0.174. The Labute approximate surface area is 135 Å². The molecule has 0 radical (unpaired) electrons. The SMILES string of the molecule is CC[C@H](C)C(=O)[C@@H]1C(=O)O[C@@]2(C)C(=O)C=C3C=C(C)OC=C3[C@@H]12. The Morgan fingerprint density at radius 3 is 2.70 bits per heavy atom. The van der Waals surface area contributed by atoms with Crippen LogP contribution in [0.25, 0.3) is 0 Å². The first-order valence-electron chi connectivity index (χ1n) is 7.87. The van der Waals surface area contributed by atoms with Crippen LogP contribution >= 0.6 is 0 Å². The van der Waals surface area contributed by atoms with Crippen molar-refractivity contribution >= 4 is 17.5 Å². The van der Waals surface area contributed by atoms with Crippen molar-refractivity contribution in [3.8, 4) is 0 Å². The zero-order valence-corrected chi connectivity index (χ0v) is 13.7. The molecule has 5 heteroatoms. The van der Waals surface area contributed by atoms with Crippen molar-refractivity contribution in [3.63, 3.8) is 0 Å². The Hall–Kier alpha value is -2.17. The molecule has 4 atom stereocenters. The van der Waals surface area contributed by atoms with Gasteiger partial charge in [0.15, 0.2) is 17.2 Å². The number of ketones is 2. The number of esters is 1. The fraction of sp³-hybridized carbons (Fsp3) is 0.500. The molecular weight excluding hydrogens is 296 g/mol. The van der Waals surface area contributed by atoms with Crippen molar-refractivity contribution in [2.75, 3.05) is 0 Å². The third kappa shape index (κ3) is 2.18. The quantitative estimate of drug-likeness (QED) is 0.591. The lowest BCUT2D eigenvalue weighted by Gasteiger charge is -2.35. The number of rotatable bonds is 3. The van der Waals surface area contributed by atoms with Crippen molar-refractivity contribution < 1.29 is 23.9 Å². The summed E-state index contributed by atoms with van der Waals surface area (Å²) in [6.07, 6.45) is 5.39. The lowest BCUT2D eigenvalue weighted by atomic mass is 9.66. The van der Waals surface area contributed by atoms with Gasteiger partial charge < -0.3 is 9.47 Å². The highest BCUT2D eigenvalue weighted by atomic mass is 16.6. The van der Waals surface area contributed by atoms with E-state index in [0.717, 1.165) is 0 Å². The molecule has 1 fully saturated rings. The summed E-state index contributed by atoms with van der Waals surface area (Å²) in [6.45, 7) is 7.06. The molecule has 0 amide bonds. The molecule has 122 valence electrons. The molecule has 0 aromatic rings. The van der Waals surface area contributed by atoms with Gasteiger partial charge in [-0.3, -0.25) is 14.4 Å². The summed E-state index contributed by atoms with van der Waals surface area (Å²) in [4.78, 5) is 37.7. The van der Waals surface area contributed by atoms with E-state index in [0.29, 0.717) is 23.3 Å². The first kappa shape index (κ1) is 15.7. The third-order valence-corrected chi connectivity index (χ3v) is 5.07. The summed E-state index contributed by atoms with van der Waals surface area (Å²) in [5, 5.41) is 0. The summed E-state index contributed by atoms with van der Waals surface area (Å²) in [5.74, 6) is -2.26. The zero-order chi connectivity index (χ0) is 16.9. The number of hydrogen-bond acceptors (Lipinski definition) is 5. The number of carbonyl (C=O) groups excluding carboxylic acids is 3. The normalized spacial score (nSPS) is 33.5. The lowest BCUT2D eigenvalue weighted by molar-refractivity contribution is -0.156. The van der Waals surface area contributed by atoms with Gasteiger partial charge in [-0.05, 0) is 38.0 Å². The van der Waals surface area contributed by atoms with Gasteiger partial charge in [0, 0.05) is 11.5 Å². The van der Waals surface area contributed by atoms with Gasteiger partial charge in [-0.25, -0.2) is 0 Å². The number of ether oxygens (including phenoxy) is 2. The first-order chi connectivity index (χ1) is 10.8. The maximum Gasteiger partial charge on any atom is 0.318 e. The maximum atomic E-state index is 12.7. The molecule has 1 aliphatic carbocycles. The predicted octanol–water partition coefficient (Wildman–Crippen LogP) is 2.48. The van der Waals surface area contributed by atoms with Crippen molar-refractivity contribution in [3.05, 3.63) is 35.3 Å². The number of Topliss-reactive ketones (excluding diaryl/α,β-unsaturated/α-hetero) is 1. The number of hydrogen-bond donors (Lipinski definition) is 0. The average Bonchev–Trinajstić information content (AvgIpc) is 2.78. The topological polar surface area (TPSA) is 69.7 Å². The largest absolute Gasteiger partial charge is 0.469 e. The maximum absolute atomic E-state index is 12.7. The summed E-state index contributed by atoms with van der Waals surface area (Å²) in [6, 6.07) is 0. The van der Waals surface area contributed by atoms with Crippen molar-refractivity contribution in [1.82, 2.24) is 0 Å². The predicted molar refractivity (Wildman–Crippen MR) is 82.0 cm³/mol. The van der Waals surface area contributed by atoms with Crippen LogP contribution in [0.1, 0.15) is 34.1 Å². The van der Waals surface area contributed by atoms with Crippen LogP contribution in [-0.2, 0) is 23.9 Å². The molecule has 2 aliphatic heterocycles. The van der Waals surface area contributed by atoms with E-state index in [1.165, 1.54) is 12.3 Å². The molecule has 1 saturated heterocycles. The summed E-state index contributed by atoms with van der Waals surface area (Å²) < 4.78 is 10.9. The van der Waals surface area contributed by atoms with Gasteiger partial charge in [-0.2, -0.15) is 0 Å². The van der Waals surface area contributed by atoms with Crippen LogP contribution in [0.15, 0.2) is 35.3 Å². The molecule has 0 spiro atoms. The van der Waals surface area contributed by atoms with Crippen molar-refractivity contribution in [1.29, 1.82) is 0 Å². The highest BCUT2D eigenvalue weighted by molar-refractivity contribution is 6.10. The van der Waals surface area contributed by atoms with Gasteiger partial charge >= 0.3 is 5.97 Å². The van der Waals surface area contributed by atoms with Gasteiger partial charge in [-0.1, -0.05) is 13.8 Å². The minimum atomic E-state index is -1.33. The molecule has 23 heavy (non-hydrogen) atoms. The second-order valence-corrected chi connectivity index (χ2v) is 6.61. The molecule has 0 bridgehead atoms. The van der Waals surface area contributed by atoms with Crippen molar-refractivity contribution in [2.45, 2.75) is 39.7 Å². The van der Waals surface area contributed by atoms with Crippen LogP contribution in [0.4, 0.5) is 0 Å². The highest BCUT2D eigenvalue weighted by Crippen LogP contribution is 2.50. The van der Waals surface area contributed by atoms with E-state index in [1.807, 2.05) is 6.92 Å². The van der Waals surface area contributed by atoms with Crippen LogP contribution in [0.2, 0.25) is 0 Å². The third-order valence-electron chi connectivity index (χ3n) is 5.07. The van der Waals surface area contributed by atoms with E-state index in [9.17, 15) is 14.4 Å². The second kappa shape index (κ2) is 5.18. The Bertz CT molecular complexity index is 696. The van der Waals surface area contributed by atoms with Gasteiger partial charge in [0.05, 0.1) is 12.2 Å². The fourth-order valence-corrected chi connectivity index (χ4v) is 3.48. The van der Waals surface area contributed by atoms with E-state index >= 15 is 0 Å². The van der Waals surface area contributed by atoms with Crippen LogP contribution in [-0.4, -0.2) is 23.1 Å². The van der Waals surface area contributed by atoms with E-state index in [-0.39, 0.29) is 17.5 Å². The summed E-state index contributed by atoms with van der Waals surface area (Å²) in [5.41, 5.74) is 0.0505. The van der Waals surface area contributed by atoms with E-state index in [1.54, 1.807) is 26.8 Å². The van der Waals surface area contributed by atoms with Crippen LogP contribution in [0, 0.1) is 17.8 Å². The number of carbonyl (C=O) groups is 3. The molecule has 0 aromatic heterocycles. The van der Waals surface area contributed by atoms with E-state index < -0.39 is 23.4 Å². The molecule has 0 aromatic carbocycles. The standard InChI is InChI=1S/C18H20O5/c1-5-9(2)16(20)14-15-12-8-22-10(3)6-11(12)7-13(19)18(15,4)23-17(14)21/h6-9,14-15H,5H2,1-4H3/t9-,14+,15-,18-/m0/s1. The van der Waals surface area contributed by atoms with Crippen molar-refractivity contribution in [2.24, 2.45) is 17.8 Å². The molecular formula is C18H20O5. The smallest absolute Gasteiger partial charge is 0.318 e. The molecule has 0 N–H and O–H groups in total. The van der Waals surface area contributed by atoms with Crippen LogP contribution in [0.3, 0.4) is 0 Å². The molecule has 0 saturated carbocycles. The van der Waals surface area contributed by atoms with Gasteiger partial charge in [0.2, 0.25) is 0 Å². The molecule has 5 nitrogen and oxygen atoms in total. The van der Waals surface area contributed by atoms with Gasteiger partial charge in [0.25, 0.3) is 0 Å². The fourth-order valence-electron chi connectivity index (χ4n) is 3.48. The number of fused-ring (bicyclic) bond motifs is 3. The zero-order valence-electron chi connectivity index (χ0n) is 13.7. The van der Waals surface area contributed by atoms with E-state index in [2.05, 4.69) is 0 Å². The van der Waals surface area contributed by atoms with Crippen LogP contribution < -0.4 is 0 Å². The van der Waals surface area contributed by atoms with Gasteiger partial charge in [-0.15, -0.1) is 0 Å².